The summed E-state index contributed by atoms with van der Waals surface area (Å²) in [5.74, 6) is -1.14. The molecule has 6 nitrogen and oxygen atoms in total. The maximum Gasteiger partial charge on any atom is 0.428 e. The van der Waals surface area contributed by atoms with Gasteiger partial charge in [0.15, 0.2) is 0 Å². The van der Waals surface area contributed by atoms with Crippen molar-refractivity contribution in [3.8, 4) is 0 Å². The van der Waals surface area contributed by atoms with Crippen LogP contribution in [0.4, 0.5) is 17.6 Å². The lowest BCUT2D eigenvalue weighted by Crippen LogP contribution is -2.42. The molecule has 1 aliphatic rings. The second-order valence-electron chi connectivity index (χ2n) is 8.08. The molecule has 0 saturated carbocycles. The van der Waals surface area contributed by atoms with Crippen LogP contribution in [-0.4, -0.2) is 37.8 Å². The molecule has 0 saturated heterocycles. The summed E-state index contributed by atoms with van der Waals surface area (Å²) in [5.41, 5.74) is -0.257. The molecule has 1 heterocycles. The molecule has 37 heavy (non-hydrogen) atoms. The third-order valence-corrected chi connectivity index (χ3v) is 6.10. The van der Waals surface area contributed by atoms with Gasteiger partial charge >= 0.3 is 6.18 Å². The molecule has 0 spiro atoms. The number of rotatable bonds is 7. The van der Waals surface area contributed by atoms with Gasteiger partial charge in [-0.2, -0.15) is 13.2 Å². The lowest BCUT2D eigenvalue weighted by molar-refractivity contribution is -0.269. The van der Waals surface area contributed by atoms with Gasteiger partial charge in [0.25, 0.3) is 5.91 Å². The Kier molecular flexibility index (Phi) is 7.63. The van der Waals surface area contributed by atoms with Crippen molar-refractivity contribution in [2.24, 2.45) is 0 Å². The van der Waals surface area contributed by atoms with Crippen LogP contribution in [0.1, 0.15) is 21.5 Å². The summed E-state index contributed by atoms with van der Waals surface area (Å²) in [7, 11) is 0. The van der Waals surface area contributed by atoms with Gasteiger partial charge in [0.1, 0.15) is 6.67 Å². The van der Waals surface area contributed by atoms with Crippen molar-refractivity contribution in [3.05, 3.63) is 87.4 Å². The Morgan fingerprint density at radius 3 is 2.30 bits per heavy atom. The maximum atomic E-state index is 14.4. The van der Waals surface area contributed by atoms with E-state index in [-0.39, 0.29) is 40.0 Å². The highest BCUT2D eigenvalue weighted by atomic mass is 35.5. The number of halogens is 6. The number of fused-ring (bicyclic) bond motifs is 1. The van der Waals surface area contributed by atoms with Gasteiger partial charge in [-0.25, -0.2) is 4.39 Å². The number of carbonyl (C=O) groups is 2. The number of amides is 2. The molecule has 3 aromatic carbocycles. The first-order valence-electron chi connectivity index (χ1n) is 10.9. The summed E-state index contributed by atoms with van der Waals surface area (Å²) in [6, 6.07) is 13.1. The Hall–Kier alpha value is -3.34. The zero-order chi connectivity index (χ0) is 26.8. The second kappa shape index (κ2) is 10.6. The molecule has 0 bridgehead atoms. The first-order chi connectivity index (χ1) is 17.6. The van der Waals surface area contributed by atoms with Gasteiger partial charge in [-0.3, -0.25) is 19.9 Å². The molecule has 1 atom stereocenters. The lowest BCUT2D eigenvalue weighted by Gasteiger charge is -2.28. The van der Waals surface area contributed by atoms with Gasteiger partial charge in [0.05, 0.1) is 12.2 Å². The molecule has 0 fully saturated rings. The summed E-state index contributed by atoms with van der Waals surface area (Å²) in [6.45, 7) is -1.28. The van der Waals surface area contributed by atoms with Crippen molar-refractivity contribution in [1.82, 2.24) is 16.1 Å². The van der Waals surface area contributed by atoms with E-state index in [1.165, 1.54) is 18.2 Å². The standard InChI is InChI=1S/C25H19Cl2F4N3O3/c26-15-9-14(10-16(27)11-15)24(25(29,30)31)12-21(34-37-24)19-5-6-20(18-4-2-1-3-17(18)19)23(36)33-13-22(35)32-8-7-28/h1-6,9-12,34H,7-8,13H2,(H,32,35)(H,33,36). The minimum Gasteiger partial charge on any atom is -0.352 e. The minimum atomic E-state index is -4.88. The van der Waals surface area contributed by atoms with Crippen LogP contribution >= 0.6 is 23.2 Å². The third-order valence-electron chi connectivity index (χ3n) is 5.67. The predicted octanol–water partition coefficient (Wildman–Crippen LogP) is 5.30. The summed E-state index contributed by atoms with van der Waals surface area (Å²) >= 11 is 11.9. The van der Waals surface area contributed by atoms with E-state index < -0.39 is 30.3 Å². The van der Waals surface area contributed by atoms with Crippen LogP contribution in [0.2, 0.25) is 10.0 Å². The third kappa shape index (κ3) is 5.36. The van der Waals surface area contributed by atoms with Gasteiger partial charge in [-0.15, -0.1) is 0 Å². The second-order valence-corrected chi connectivity index (χ2v) is 8.95. The van der Waals surface area contributed by atoms with Crippen LogP contribution in [0.5, 0.6) is 0 Å². The van der Waals surface area contributed by atoms with Gasteiger partial charge in [-0.05, 0) is 41.1 Å². The highest BCUT2D eigenvalue weighted by Gasteiger charge is 2.59. The van der Waals surface area contributed by atoms with Crippen molar-refractivity contribution < 1.29 is 32.0 Å². The van der Waals surface area contributed by atoms with Crippen molar-refractivity contribution in [3.63, 3.8) is 0 Å². The van der Waals surface area contributed by atoms with Crippen molar-refractivity contribution in [1.29, 1.82) is 0 Å². The number of nitrogens with one attached hydrogen (secondary N) is 3. The van der Waals surface area contributed by atoms with E-state index in [9.17, 15) is 27.2 Å². The van der Waals surface area contributed by atoms with E-state index in [1.807, 2.05) is 0 Å². The minimum absolute atomic E-state index is 0.00997. The van der Waals surface area contributed by atoms with E-state index in [0.717, 1.165) is 18.2 Å². The monoisotopic (exact) mass is 555 g/mol. The molecule has 0 aliphatic carbocycles. The number of hydrogen-bond acceptors (Lipinski definition) is 4. The molecule has 3 aromatic rings. The molecule has 3 N–H and O–H groups in total. The molecule has 0 radical (unpaired) electrons. The first kappa shape index (κ1) is 26.7. The topological polar surface area (TPSA) is 79.5 Å². The van der Waals surface area contributed by atoms with E-state index in [4.69, 9.17) is 28.0 Å². The highest BCUT2D eigenvalue weighted by Crippen LogP contribution is 2.48. The van der Waals surface area contributed by atoms with Crippen LogP contribution in [-0.2, 0) is 15.2 Å². The normalized spacial score (nSPS) is 17.3. The van der Waals surface area contributed by atoms with Crippen molar-refractivity contribution >= 4 is 51.5 Å². The Balaban J connectivity index is 1.73. The van der Waals surface area contributed by atoms with E-state index in [2.05, 4.69) is 16.1 Å². The molecule has 1 aliphatic heterocycles. The van der Waals surface area contributed by atoms with Crippen LogP contribution in [0.25, 0.3) is 16.5 Å². The number of alkyl halides is 4. The molecule has 0 aromatic heterocycles. The Bertz CT molecular complexity index is 1380. The average molecular weight is 556 g/mol. The number of hydrogen-bond donors (Lipinski definition) is 3. The largest absolute Gasteiger partial charge is 0.428 e. The van der Waals surface area contributed by atoms with Crippen molar-refractivity contribution in [2.75, 3.05) is 19.8 Å². The van der Waals surface area contributed by atoms with E-state index >= 15 is 0 Å². The number of benzene rings is 3. The molecule has 1 unspecified atom stereocenters. The van der Waals surface area contributed by atoms with Gasteiger partial charge in [0.2, 0.25) is 11.5 Å². The van der Waals surface area contributed by atoms with Gasteiger partial charge in [-0.1, -0.05) is 53.5 Å². The fraction of sp³-hybridized carbons (Fsp3) is 0.200. The molecule has 194 valence electrons. The summed E-state index contributed by atoms with van der Waals surface area (Å²) in [4.78, 5) is 29.6. The maximum absolute atomic E-state index is 14.4. The molecule has 2 amide bonds. The number of hydroxylamine groups is 1. The quantitative estimate of drug-likeness (QED) is 0.346. The fourth-order valence-electron chi connectivity index (χ4n) is 3.98. The molecule has 12 heteroatoms. The lowest BCUT2D eigenvalue weighted by atomic mass is 9.90. The van der Waals surface area contributed by atoms with Crippen molar-refractivity contribution in [2.45, 2.75) is 11.8 Å². The Morgan fingerprint density at radius 1 is 0.973 bits per heavy atom. The van der Waals surface area contributed by atoms with E-state index in [1.54, 1.807) is 24.3 Å². The SMILES string of the molecule is O=C(CNC(=O)c1ccc(C2=CC(c3cc(Cl)cc(Cl)c3)(C(F)(F)F)ON2)c2ccccc12)NCCF. The smallest absolute Gasteiger partial charge is 0.352 e. The van der Waals surface area contributed by atoms with E-state index in [0.29, 0.717) is 16.3 Å². The fourth-order valence-corrected chi connectivity index (χ4v) is 4.51. The summed E-state index contributed by atoms with van der Waals surface area (Å²) < 4.78 is 55.3. The zero-order valence-corrected chi connectivity index (χ0v) is 20.4. The summed E-state index contributed by atoms with van der Waals surface area (Å²) in [6.07, 6.45) is -3.99. The van der Waals surface area contributed by atoms with Crippen LogP contribution < -0.4 is 16.1 Å². The van der Waals surface area contributed by atoms with Crippen LogP contribution in [0.15, 0.2) is 60.7 Å². The van der Waals surface area contributed by atoms with Gasteiger partial charge < -0.3 is 10.6 Å². The Morgan fingerprint density at radius 2 is 1.65 bits per heavy atom. The Labute approximate surface area is 218 Å². The van der Waals surface area contributed by atoms with Gasteiger partial charge in [0, 0.05) is 33.3 Å². The molecule has 4 rings (SSSR count). The van der Waals surface area contributed by atoms with Crippen LogP contribution in [0, 0.1) is 0 Å². The van der Waals surface area contributed by atoms with Crippen LogP contribution in [0.3, 0.4) is 0 Å². The zero-order valence-electron chi connectivity index (χ0n) is 18.9. The molecular formula is C25H19Cl2F4N3O3. The first-order valence-corrected chi connectivity index (χ1v) is 11.6. The highest BCUT2D eigenvalue weighted by molar-refractivity contribution is 6.34. The number of carbonyl (C=O) groups excluding carboxylic acids is 2. The molecular weight excluding hydrogens is 537 g/mol. The predicted molar refractivity (Wildman–Crippen MR) is 132 cm³/mol. The average Bonchev–Trinajstić information content (AvgIpc) is 3.32. The summed E-state index contributed by atoms with van der Waals surface area (Å²) in [5, 5.41) is 5.66.